The maximum absolute atomic E-state index is 12.0. The summed E-state index contributed by atoms with van der Waals surface area (Å²) in [5, 5.41) is 15.6. The molecule has 1 fully saturated rings. The summed E-state index contributed by atoms with van der Waals surface area (Å²) in [4.78, 5) is 4.31. The molecule has 1 aromatic rings. The van der Waals surface area contributed by atoms with E-state index in [9.17, 15) is 8.42 Å². The minimum atomic E-state index is -3.08. The molecule has 3 heterocycles. The molecule has 2 aliphatic heterocycles. The topological polar surface area (TPSA) is 105 Å². The number of hydrogen-bond acceptors (Lipinski definition) is 5. The molecule has 0 bridgehead atoms. The van der Waals surface area contributed by atoms with Gasteiger partial charge in [-0.2, -0.15) is 0 Å². The van der Waals surface area contributed by atoms with Gasteiger partial charge in [-0.1, -0.05) is 6.42 Å². The summed E-state index contributed by atoms with van der Waals surface area (Å²) in [6.07, 6.45) is 8.21. The highest BCUT2D eigenvalue weighted by Gasteiger charge is 2.27. The summed E-state index contributed by atoms with van der Waals surface area (Å²) in [5.41, 5.74) is 0. The lowest BCUT2D eigenvalue weighted by Gasteiger charge is -2.32. The summed E-state index contributed by atoms with van der Waals surface area (Å²) in [5.74, 6) is 3.18. The van der Waals surface area contributed by atoms with Gasteiger partial charge in [0.25, 0.3) is 0 Å². The normalized spacial score (nSPS) is 18.9. The van der Waals surface area contributed by atoms with Crippen molar-refractivity contribution in [2.75, 3.05) is 32.4 Å². The van der Waals surface area contributed by atoms with Crippen molar-refractivity contribution in [1.82, 2.24) is 29.7 Å². The van der Waals surface area contributed by atoms with Crippen LogP contribution in [0.5, 0.6) is 0 Å². The zero-order valence-electron chi connectivity index (χ0n) is 18.1. The van der Waals surface area contributed by atoms with Crippen LogP contribution in [0.15, 0.2) is 4.99 Å². The summed E-state index contributed by atoms with van der Waals surface area (Å²) >= 11 is 0. The summed E-state index contributed by atoms with van der Waals surface area (Å²) < 4.78 is 27.9. The number of fused-ring (bicyclic) bond motifs is 1. The second-order valence-electron chi connectivity index (χ2n) is 7.82. The molecule has 30 heavy (non-hydrogen) atoms. The highest BCUT2D eigenvalue weighted by molar-refractivity contribution is 14.0. The fourth-order valence-corrected chi connectivity index (χ4v) is 5.16. The van der Waals surface area contributed by atoms with Crippen molar-refractivity contribution in [3.8, 4) is 0 Å². The Hall–Kier alpha value is -0.950. The molecule has 0 spiro atoms. The van der Waals surface area contributed by atoms with Crippen molar-refractivity contribution in [3.63, 3.8) is 0 Å². The molecular weight excluding hydrogens is 517 g/mol. The van der Waals surface area contributed by atoms with Crippen molar-refractivity contribution in [1.29, 1.82) is 0 Å². The standard InChI is InChI=1S/C19H35N7O2S.HI/c1-3-29(27,28)25-14-10-16(11-15-25)22-19(20-2)21-12-7-9-18-24-23-17-8-5-4-6-13-26(17)18;/h16H,3-15H2,1-2H3,(H2,20,21,22);1H. The number of aromatic nitrogens is 3. The van der Waals surface area contributed by atoms with E-state index in [-0.39, 0.29) is 35.8 Å². The molecule has 2 aliphatic rings. The number of hydrogen-bond donors (Lipinski definition) is 2. The third-order valence-corrected chi connectivity index (χ3v) is 7.71. The van der Waals surface area contributed by atoms with Crippen LogP contribution in [0, 0.1) is 0 Å². The number of sulfonamides is 1. The van der Waals surface area contributed by atoms with Crippen molar-refractivity contribution in [2.45, 2.75) is 70.9 Å². The molecule has 0 unspecified atom stereocenters. The Morgan fingerprint density at radius 2 is 1.93 bits per heavy atom. The third-order valence-electron chi connectivity index (χ3n) is 5.83. The first kappa shape index (κ1) is 25.3. The van der Waals surface area contributed by atoms with Crippen LogP contribution in [0.3, 0.4) is 0 Å². The number of aryl methyl sites for hydroxylation is 2. The lowest BCUT2D eigenvalue weighted by atomic mass is 10.1. The van der Waals surface area contributed by atoms with E-state index in [2.05, 4.69) is 30.4 Å². The molecule has 9 nitrogen and oxygen atoms in total. The lowest BCUT2D eigenvalue weighted by Crippen LogP contribution is -2.50. The van der Waals surface area contributed by atoms with Gasteiger partial charge in [-0.25, -0.2) is 12.7 Å². The maximum Gasteiger partial charge on any atom is 0.213 e. The van der Waals surface area contributed by atoms with Crippen LogP contribution in [-0.4, -0.2) is 71.9 Å². The molecule has 172 valence electrons. The highest BCUT2D eigenvalue weighted by atomic mass is 127. The monoisotopic (exact) mass is 553 g/mol. The van der Waals surface area contributed by atoms with Crippen LogP contribution in [0.1, 0.15) is 57.1 Å². The summed E-state index contributed by atoms with van der Waals surface area (Å²) in [6, 6.07) is 0.247. The van der Waals surface area contributed by atoms with Gasteiger partial charge < -0.3 is 15.2 Å². The zero-order valence-corrected chi connectivity index (χ0v) is 21.3. The van der Waals surface area contributed by atoms with E-state index in [0.717, 1.165) is 62.8 Å². The van der Waals surface area contributed by atoms with Gasteiger partial charge in [-0.3, -0.25) is 4.99 Å². The van der Waals surface area contributed by atoms with Gasteiger partial charge in [0.15, 0.2) is 5.96 Å². The molecule has 0 amide bonds. The molecule has 1 aromatic heterocycles. The van der Waals surface area contributed by atoms with Gasteiger partial charge in [0.2, 0.25) is 10.0 Å². The van der Waals surface area contributed by atoms with Gasteiger partial charge in [0.05, 0.1) is 5.75 Å². The average molecular weight is 554 g/mol. The molecule has 2 N–H and O–H groups in total. The van der Waals surface area contributed by atoms with Gasteiger partial charge in [0.1, 0.15) is 11.6 Å². The number of piperidine rings is 1. The fraction of sp³-hybridized carbons (Fsp3) is 0.842. The molecule has 11 heteroatoms. The number of nitrogens with zero attached hydrogens (tertiary/aromatic N) is 5. The van der Waals surface area contributed by atoms with Crippen molar-refractivity contribution in [3.05, 3.63) is 11.6 Å². The number of aliphatic imine (C=N–C) groups is 1. The molecule has 0 aromatic carbocycles. The zero-order chi connectivity index (χ0) is 20.7. The number of rotatable bonds is 7. The van der Waals surface area contributed by atoms with Gasteiger partial charge >= 0.3 is 0 Å². The van der Waals surface area contributed by atoms with Crippen LogP contribution in [0.4, 0.5) is 0 Å². The van der Waals surface area contributed by atoms with Crippen molar-refractivity contribution in [2.24, 2.45) is 4.99 Å². The Kier molecular flexibility index (Phi) is 10.3. The minimum absolute atomic E-state index is 0. The first-order valence-electron chi connectivity index (χ1n) is 10.9. The Labute approximate surface area is 197 Å². The van der Waals surface area contributed by atoms with E-state index >= 15 is 0 Å². The third kappa shape index (κ3) is 6.78. The predicted molar refractivity (Wildman–Crippen MR) is 130 cm³/mol. The Morgan fingerprint density at radius 3 is 2.63 bits per heavy atom. The number of guanidine groups is 1. The number of nitrogens with one attached hydrogen (secondary N) is 2. The van der Waals surface area contributed by atoms with E-state index in [0.29, 0.717) is 13.1 Å². The second kappa shape index (κ2) is 12.2. The first-order chi connectivity index (χ1) is 14.0. The van der Waals surface area contributed by atoms with Crippen LogP contribution in [-0.2, 0) is 29.4 Å². The molecule has 0 saturated carbocycles. The van der Waals surface area contributed by atoms with Crippen LogP contribution < -0.4 is 10.6 Å². The van der Waals surface area contributed by atoms with E-state index in [1.807, 2.05) is 0 Å². The van der Waals surface area contributed by atoms with E-state index in [1.165, 1.54) is 19.3 Å². The van der Waals surface area contributed by atoms with E-state index < -0.39 is 10.0 Å². The van der Waals surface area contributed by atoms with Gasteiger partial charge in [0, 0.05) is 52.1 Å². The number of halogens is 1. The minimum Gasteiger partial charge on any atom is -0.356 e. The Morgan fingerprint density at radius 1 is 1.17 bits per heavy atom. The van der Waals surface area contributed by atoms with Crippen LogP contribution in [0.25, 0.3) is 0 Å². The molecule has 3 rings (SSSR count). The Balaban J connectivity index is 0.00000320. The fourth-order valence-electron chi connectivity index (χ4n) is 4.03. The largest absolute Gasteiger partial charge is 0.356 e. The smallest absolute Gasteiger partial charge is 0.213 e. The van der Waals surface area contributed by atoms with Crippen LogP contribution >= 0.6 is 24.0 Å². The second-order valence-corrected chi connectivity index (χ2v) is 10.1. The SMILES string of the molecule is CCS(=O)(=O)N1CCC(NC(=NC)NCCCc2nnc3n2CCCCC3)CC1.I. The molecular formula is C19H36IN7O2S. The van der Waals surface area contributed by atoms with Crippen molar-refractivity contribution < 1.29 is 8.42 Å². The van der Waals surface area contributed by atoms with E-state index in [1.54, 1.807) is 18.3 Å². The first-order valence-corrected chi connectivity index (χ1v) is 12.5. The summed E-state index contributed by atoms with van der Waals surface area (Å²) in [6.45, 7) is 4.69. The van der Waals surface area contributed by atoms with Gasteiger partial charge in [-0.05, 0) is 39.0 Å². The lowest BCUT2D eigenvalue weighted by molar-refractivity contribution is 0.306. The average Bonchev–Trinajstić information content (AvgIpc) is 2.96. The van der Waals surface area contributed by atoms with Crippen molar-refractivity contribution >= 4 is 40.0 Å². The quantitative estimate of drug-likeness (QED) is 0.230. The van der Waals surface area contributed by atoms with Crippen LogP contribution in [0.2, 0.25) is 0 Å². The molecule has 0 atom stereocenters. The Bertz CT molecular complexity index is 789. The maximum atomic E-state index is 12.0. The predicted octanol–water partition coefficient (Wildman–Crippen LogP) is 1.53. The van der Waals surface area contributed by atoms with E-state index in [4.69, 9.17) is 0 Å². The van der Waals surface area contributed by atoms with Gasteiger partial charge in [-0.15, -0.1) is 34.2 Å². The summed E-state index contributed by atoms with van der Waals surface area (Å²) in [7, 11) is -1.31. The molecule has 0 radical (unpaired) electrons. The molecule has 0 aliphatic carbocycles. The highest BCUT2D eigenvalue weighted by Crippen LogP contribution is 2.16. The molecule has 1 saturated heterocycles.